The lowest BCUT2D eigenvalue weighted by Gasteiger charge is -2.43. The number of nitrogens with zero attached hydrogens (tertiary/aromatic N) is 1. The van der Waals surface area contributed by atoms with Gasteiger partial charge in [0, 0.05) is 25.0 Å². The highest BCUT2D eigenvalue weighted by Gasteiger charge is 2.37. The fourth-order valence-electron chi connectivity index (χ4n) is 2.00. The molecule has 1 atom stereocenters. The van der Waals surface area contributed by atoms with Crippen LogP contribution in [0, 0.1) is 0 Å². The molecule has 1 unspecified atom stereocenters. The second kappa shape index (κ2) is 5.54. The third-order valence-corrected chi connectivity index (χ3v) is 3.34. The van der Waals surface area contributed by atoms with Crippen LogP contribution in [0.5, 0.6) is 0 Å². The summed E-state index contributed by atoms with van der Waals surface area (Å²) in [5.74, 6) is 0. The van der Waals surface area contributed by atoms with Crippen molar-refractivity contribution in [2.24, 2.45) is 0 Å². The van der Waals surface area contributed by atoms with Crippen LogP contribution in [-0.2, 0) is 4.74 Å². The van der Waals surface area contributed by atoms with Crippen molar-refractivity contribution < 1.29 is 23.0 Å². The van der Waals surface area contributed by atoms with Crippen LogP contribution >= 0.6 is 0 Å². The van der Waals surface area contributed by atoms with E-state index in [1.807, 2.05) is 4.90 Å². The Hall–Kier alpha value is -0.330. The molecule has 0 bridgehead atoms. The van der Waals surface area contributed by atoms with Crippen molar-refractivity contribution in [1.82, 2.24) is 4.90 Å². The molecule has 0 radical (unpaired) electrons. The quantitative estimate of drug-likeness (QED) is 0.831. The second-order valence-electron chi connectivity index (χ2n) is 4.92. The van der Waals surface area contributed by atoms with Crippen LogP contribution in [-0.4, -0.2) is 54.1 Å². The van der Waals surface area contributed by atoms with Crippen molar-refractivity contribution >= 4 is 0 Å². The summed E-state index contributed by atoms with van der Waals surface area (Å²) < 4.78 is 41.5. The first kappa shape index (κ1) is 14.7. The Morgan fingerprint density at radius 2 is 1.76 bits per heavy atom. The zero-order valence-corrected chi connectivity index (χ0v) is 10.3. The summed E-state index contributed by atoms with van der Waals surface area (Å²) in [6.45, 7) is 5.98. The number of aliphatic hydroxyl groups excluding tert-OH is 1. The van der Waals surface area contributed by atoms with E-state index in [1.54, 1.807) is 13.8 Å². The first-order valence-electron chi connectivity index (χ1n) is 5.81. The number of halogens is 3. The molecule has 0 amide bonds. The molecular formula is C11H20F3NO2. The van der Waals surface area contributed by atoms with Crippen LogP contribution in [0.25, 0.3) is 0 Å². The average Bonchev–Trinajstić information content (AvgIpc) is 2.26. The molecule has 0 aromatic rings. The Balaban J connectivity index is 2.49. The van der Waals surface area contributed by atoms with E-state index < -0.39 is 24.2 Å². The molecule has 0 saturated carbocycles. The van der Waals surface area contributed by atoms with Gasteiger partial charge in [-0.2, -0.15) is 13.2 Å². The molecule has 0 aliphatic carbocycles. The van der Waals surface area contributed by atoms with Crippen LogP contribution in [0.15, 0.2) is 0 Å². The smallest absolute Gasteiger partial charge is 0.389 e. The fourth-order valence-corrected chi connectivity index (χ4v) is 2.00. The largest absolute Gasteiger partial charge is 0.391 e. The van der Waals surface area contributed by atoms with Crippen molar-refractivity contribution in [3.63, 3.8) is 0 Å². The summed E-state index contributed by atoms with van der Waals surface area (Å²) in [5, 5.41) is 9.91. The summed E-state index contributed by atoms with van der Waals surface area (Å²) in [6.07, 6.45) is -6.39. The average molecular weight is 255 g/mol. The Morgan fingerprint density at radius 3 is 2.24 bits per heavy atom. The molecule has 17 heavy (non-hydrogen) atoms. The maximum absolute atomic E-state index is 12.1. The zero-order chi connectivity index (χ0) is 13.1. The van der Waals surface area contributed by atoms with Gasteiger partial charge in [-0.3, -0.25) is 4.90 Å². The van der Waals surface area contributed by atoms with E-state index in [0.29, 0.717) is 26.3 Å². The molecule has 3 nitrogen and oxygen atoms in total. The summed E-state index contributed by atoms with van der Waals surface area (Å²) in [4.78, 5) is 1.98. The number of rotatable bonds is 4. The summed E-state index contributed by atoms with van der Waals surface area (Å²) in [7, 11) is 0. The molecule has 1 aliphatic heterocycles. The SMILES string of the molecule is CC(C)(C(O)CCC(F)(F)F)N1CCOCC1. The number of aliphatic hydroxyl groups is 1. The molecule has 0 aromatic heterocycles. The Morgan fingerprint density at radius 1 is 1.24 bits per heavy atom. The summed E-state index contributed by atoms with van der Waals surface area (Å²) in [5.41, 5.74) is -0.644. The molecular weight excluding hydrogens is 235 g/mol. The molecule has 6 heteroatoms. The van der Waals surface area contributed by atoms with Crippen LogP contribution in [0.3, 0.4) is 0 Å². The maximum atomic E-state index is 12.1. The van der Waals surface area contributed by atoms with E-state index >= 15 is 0 Å². The highest BCUT2D eigenvalue weighted by molar-refractivity contribution is 4.90. The van der Waals surface area contributed by atoms with Crippen molar-refractivity contribution in [2.75, 3.05) is 26.3 Å². The standard InChI is InChI=1S/C11H20F3NO2/c1-10(2,15-5-7-17-8-6-15)9(16)3-4-11(12,13)14/h9,16H,3-8H2,1-2H3. The van der Waals surface area contributed by atoms with Gasteiger partial charge in [-0.15, -0.1) is 0 Å². The minimum atomic E-state index is -4.21. The highest BCUT2D eigenvalue weighted by atomic mass is 19.4. The minimum absolute atomic E-state index is 0.256. The van der Waals surface area contributed by atoms with E-state index in [-0.39, 0.29) is 6.42 Å². The topological polar surface area (TPSA) is 32.7 Å². The number of hydrogen-bond acceptors (Lipinski definition) is 3. The minimum Gasteiger partial charge on any atom is -0.391 e. The van der Waals surface area contributed by atoms with Crippen LogP contribution in [0.1, 0.15) is 26.7 Å². The number of alkyl halides is 3. The zero-order valence-electron chi connectivity index (χ0n) is 10.3. The molecule has 102 valence electrons. The van der Waals surface area contributed by atoms with Gasteiger partial charge in [0.05, 0.1) is 19.3 Å². The number of ether oxygens (including phenoxy) is 1. The molecule has 0 aromatic carbocycles. The molecule has 0 spiro atoms. The molecule has 1 fully saturated rings. The van der Waals surface area contributed by atoms with Gasteiger partial charge in [-0.1, -0.05) is 0 Å². The summed E-state index contributed by atoms with van der Waals surface area (Å²) >= 11 is 0. The normalized spacial score (nSPS) is 21.5. The molecule has 1 aliphatic rings. The molecule has 1 saturated heterocycles. The summed E-state index contributed by atoms with van der Waals surface area (Å²) in [6, 6.07) is 0. The van der Waals surface area contributed by atoms with E-state index in [2.05, 4.69) is 0 Å². The van der Waals surface area contributed by atoms with Crippen molar-refractivity contribution in [3.05, 3.63) is 0 Å². The first-order valence-corrected chi connectivity index (χ1v) is 5.81. The van der Waals surface area contributed by atoms with E-state index in [9.17, 15) is 18.3 Å². The Bertz CT molecular complexity index is 237. The van der Waals surface area contributed by atoms with Gasteiger partial charge in [0.15, 0.2) is 0 Å². The van der Waals surface area contributed by atoms with Crippen LogP contribution in [0.2, 0.25) is 0 Å². The fraction of sp³-hybridized carbons (Fsp3) is 1.00. The lowest BCUT2D eigenvalue weighted by molar-refractivity contribution is -0.146. The predicted octanol–water partition coefficient (Wildman–Crippen LogP) is 1.80. The van der Waals surface area contributed by atoms with Gasteiger partial charge in [-0.25, -0.2) is 0 Å². The Labute approximate surface area is 99.5 Å². The maximum Gasteiger partial charge on any atom is 0.389 e. The second-order valence-corrected chi connectivity index (χ2v) is 4.92. The van der Waals surface area contributed by atoms with Crippen molar-refractivity contribution in [2.45, 2.75) is 44.5 Å². The first-order chi connectivity index (χ1) is 7.73. The predicted molar refractivity (Wildman–Crippen MR) is 57.8 cm³/mol. The third-order valence-electron chi connectivity index (χ3n) is 3.34. The van der Waals surface area contributed by atoms with Gasteiger partial charge in [0.25, 0.3) is 0 Å². The third kappa shape index (κ3) is 4.44. The lowest BCUT2D eigenvalue weighted by Crippen LogP contribution is -2.56. The Kier molecular flexibility index (Phi) is 4.80. The highest BCUT2D eigenvalue weighted by Crippen LogP contribution is 2.28. The molecule has 1 heterocycles. The molecule has 1 rings (SSSR count). The van der Waals surface area contributed by atoms with E-state index in [4.69, 9.17) is 4.74 Å². The van der Waals surface area contributed by atoms with Crippen LogP contribution < -0.4 is 0 Å². The lowest BCUT2D eigenvalue weighted by atomic mass is 9.91. The van der Waals surface area contributed by atoms with Crippen LogP contribution in [0.4, 0.5) is 13.2 Å². The van der Waals surface area contributed by atoms with Gasteiger partial charge >= 0.3 is 6.18 Å². The number of morpholine rings is 1. The van der Waals surface area contributed by atoms with E-state index in [0.717, 1.165) is 0 Å². The monoisotopic (exact) mass is 255 g/mol. The number of hydrogen-bond donors (Lipinski definition) is 1. The van der Waals surface area contributed by atoms with Gasteiger partial charge < -0.3 is 9.84 Å². The van der Waals surface area contributed by atoms with Crippen molar-refractivity contribution in [3.8, 4) is 0 Å². The van der Waals surface area contributed by atoms with Gasteiger partial charge in [0.2, 0.25) is 0 Å². The molecule has 1 N–H and O–H groups in total. The van der Waals surface area contributed by atoms with Gasteiger partial charge in [0.1, 0.15) is 0 Å². The van der Waals surface area contributed by atoms with Gasteiger partial charge in [-0.05, 0) is 20.3 Å². The van der Waals surface area contributed by atoms with E-state index in [1.165, 1.54) is 0 Å². The van der Waals surface area contributed by atoms with Crippen molar-refractivity contribution in [1.29, 1.82) is 0 Å².